The molecule has 0 bridgehead atoms. The number of fused-ring (bicyclic) bond motifs is 2. The molecule has 0 spiro atoms. The minimum atomic E-state index is -0.186. The first-order valence-electron chi connectivity index (χ1n) is 13.3. The van der Waals surface area contributed by atoms with Crippen LogP contribution in [0.1, 0.15) is 40.7 Å². The highest BCUT2D eigenvalue weighted by Gasteiger charge is 2.33. The van der Waals surface area contributed by atoms with Gasteiger partial charge in [-0.3, -0.25) is 9.36 Å². The van der Waals surface area contributed by atoms with Crippen LogP contribution in [0.3, 0.4) is 0 Å². The molecule has 40 heavy (non-hydrogen) atoms. The quantitative estimate of drug-likeness (QED) is 0.213. The first kappa shape index (κ1) is 24.5. The van der Waals surface area contributed by atoms with E-state index in [-0.39, 0.29) is 11.5 Å². The van der Waals surface area contributed by atoms with Gasteiger partial charge >= 0.3 is 0 Å². The molecule has 0 aliphatic heterocycles. The molecule has 1 atom stereocenters. The van der Waals surface area contributed by atoms with Crippen molar-refractivity contribution in [3.05, 3.63) is 152 Å². The standard InChI is InChI=1S/C34H25BrN4O/c1-22-32-29(33-36-30-15-9-8-14-28(30)34(40)38(33)26-18-16-25(35)17-19-26)20-24(23-10-4-2-5-11-23)21-31(32)39(37-22)27-12-6-3-7-13-27/h2-19,21,29H,20H2,1H3. The first-order valence-corrected chi connectivity index (χ1v) is 14.1. The lowest BCUT2D eigenvalue weighted by Gasteiger charge is -2.27. The van der Waals surface area contributed by atoms with Gasteiger partial charge in [0.05, 0.1) is 39.6 Å². The van der Waals surface area contributed by atoms with Crippen LogP contribution in [0.15, 0.2) is 118 Å². The third-order valence-corrected chi connectivity index (χ3v) is 8.10. The van der Waals surface area contributed by atoms with Crippen molar-refractivity contribution in [3.63, 3.8) is 0 Å². The third kappa shape index (κ3) is 4.12. The van der Waals surface area contributed by atoms with Crippen LogP contribution >= 0.6 is 15.9 Å². The molecule has 6 aromatic rings. The van der Waals surface area contributed by atoms with Crippen LogP contribution in [0.5, 0.6) is 0 Å². The summed E-state index contributed by atoms with van der Waals surface area (Å²) in [6.07, 6.45) is 2.94. The van der Waals surface area contributed by atoms with Gasteiger partial charge < -0.3 is 0 Å². The van der Waals surface area contributed by atoms with E-state index < -0.39 is 0 Å². The second-order valence-corrected chi connectivity index (χ2v) is 10.9. The summed E-state index contributed by atoms with van der Waals surface area (Å²) in [5.74, 6) is 0.526. The monoisotopic (exact) mass is 584 g/mol. The average molecular weight is 586 g/mol. The highest BCUT2D eigenvalue weighted by Crippen LogP contribution is 2.43. The van der Waals surface area contributed by atoms with Crippen LogP contribution < -0.4 is 5.56 Å². The molecule has 0 fully saturated rings. The van der Waals surface area contributed by atoms with Crippen molar-refractivity contribution in [2.45, 2.75) is 19.3 Å². The summed E-state index contributed by atoms with van der Waals surface area (Å²) in [6.45, 7) is 2.05. The van der Waals surface area contributed by atoms with E-state index in [0.717, 1.165) is 38.4 Å². The van der Waals surface area contributed by atoms with E-state index in [1.165, 1.54) is 5.57 Å². The molecule has 2 aromatic heterocycles. The van der Waals surface area contributed by atoms with Crippen molar-refractivity contribution in [2.24, 2.45) is 0 Å². The minimum Gasteiger partial charge on any atom is -0.268 e. The smallest absolute Gasteiger partial charge is 0.265 e. The van der Waals surface area contributed by atoms with Gasteiger partial charge in [-0.15, -0.1) is 0 Å². The summed E-state index contributed by atoms with van der Waals surface area (Å²) in [4.78, 5) is 19.3. The highest BCUT2D eigenvalue weighted by atomic mass is 79.9. The number of halogens is 1. The molecule has 0 saturated carbocycles. The summed E-state index contributed by atoms with van der Waals surface area (Å²) < 4.78 is 4.76. The number of aromatic nitrogens is 4. The molecule has 0 radical (unpaired) electrons. The Morgan fingerprint density at radius 3 is 2.23 bits per heavy atom. The van der Waals surface area contributed by atoms with Gasteiger partial charge in [0.1, 0.15) is 5.82 Å². The van der Waals surface area contributed by atoms with Crippen molar-refractivity contribution >= 4 is 38.5 Å². The predicted molar refractivity (Wildman–Crippen MR) is 164 cm³/mol. The van der Waals surface area contributed by atoms with Gasteiger partial charge in [-0.1, -0.05) is 76.6 Å². The molecule has 0 saturated heterocycles. The number of allylic oxidation sites excluding steroid dienone is 1. The van der Waals surface area contributed by atoms with Crippen LogP contribution in [0.2, 0.25) is 0 Å². The second-order valence-electron chi connectivity index (χ2n) is 10.0. The maximum absolute atomic E-state index is 14.1. The number of hydrogen-bond donors (Lipinski definition) is 0. The van der Waals surface area contributed by atoms with E-state index in [1.807, 2.05) is 77.5 Å². The van der Waals surface area contributed by atoms with E-state index >= 15 is 0 Å². The maximum Gasteiger partial charge on any atom is 0.265 e. The Balaban J connectivity index is 1.54. The molecular weight excluding hydrogens is 560 g/mol. The molecule has 0 N–H and O–H groups in total. The largest absolute Gasteiger partial charge is 0.268 e. The second kappa shape index (κ2) is 9.88. The van der Waals surface area contributed by atoms with Gasteiger partial charge in [0.15, 0.2) is 0 Å². The normalized spacial score (nSPS) is 14.7. The fourth-order valence-electron chi connectivity index (χ4n) is 5.74. The summed E-state index contributed by atoms with van der Waals surface area (Å²) in [5, 5.41) is 5.61. The van der Waals surface area contributed by atoms with Crippen LogP contribution in [0.4, 0.5) is 0 Å². The number of aryl methyl sites for hydroxylation is 1. The Hall–Kier alpha value is -4.55. The van der Waals surface area contributed by atoms with Crippen molar-refractivity contribution in [1.82, 2.24) is 19.3 Å². The summed E-state index contributed by atoms with van der Waals surface area (Å²) in [6, 6.07) is 36.1. The zero-order chi connectivity index (χ0) is 27.2. The molecule has 1 unspecified atom stereocenters. The van der Waals surface area contributed by atoms with E-state index in [4.69, 9.17) is 10.1 Å². The lowest BCUT2D eigenvalue weighted by Crippen LogP contribution is -2.27. The highest BCUT2D eigenvalue weighted by molar-refractivity contribution is 9.10. The lowest BCUT2D eigenvalue weighted by atomic mass is 9.81. The molecule has 1 aliphatic rings. The van der Waals surface area contributed by atoms with E-state index in [9.17, 15) is 4.79 Å². The van der Waals surface area contributed by atoms with E-state index in [0.29, 0.717) is 23.1 Å². The SMILES string of the molecule is Cc1nn(-c2ccccc2)c2c1C(c1nc3ccccc3c(=O)n1-c1ccc(Br)cc1)CC(c1ccccc1)=C2. The average Bonchev–Trinajstić information content (AvgIpc) is 3.34. The lowest BCUT2D eigenvalue weighted by molar-refractivity contribution is 0.707. The number of benzene rings is 4. The third-order valence-electron chi connectivity index (χ3n) is 7.57. The fraction of sp³-hybridized carbons (Fsp3) is 0.0882. The van der Waals surface area contributed by atoms with Gasteiger partial charge in [0.25, 0.3) is 5.56 Å². The predicted octanol–water partition coefficient (Wildman–Crippen LogP) is 7.72. The molecule has 6 heteroatoms. The van der Waals surface area contributed by atoms with Crippen molar-refractivity contribution in [3.8, 4) is 11.4 Å². The van der Waals surface area contributed by atoms with Crippen molar-refractivity contribution in [1.29, 1.82) is 0 Å². The summed E-state index contributed by atoms with van der Waals surface area (Å²) in [7, 11) is 0. The Kier molecular flexibility index (Phi) is 6.05. The maximum atomic E-state index is 14.1. The Morgan fingerprint density at radius 1 is 0.800 bits per heavy atom. The first-order chi connectivity index (χ1) is 19.6. The molecule has 5 nitrogen and oxygen atoms in total. The summed E-state index contributed by atoms with van der Waals surface area (Å²) >= 11 is 3.54. The topological polar surface area (TPSA) is 52.7 Å². The van der Waals surface area contributed by atoms with Crippen LogP contribution in [-0.2, 0) is 0 Å². The van der Waals surface area contributed by atoms with Crippen LogP contribution in [0.25, 0.3) is 33.9 Å². The van der Waals surface area contributed by atoms with E-state index in [2.05, 4.69) is 65.3 Å². The Bertz CT molecular complexity index is 1960. The van der Waals surface area contributed by atoms with Gasteiger partial charge in [-0.25, -0.2) is 9.67 Å². The van der Waals surface area contributed by atoms with Crippen molar-refractivity contribution < 1.29 is 0 Å². The minimum absolute atomic E-state index is 0.0756. The van der Waals surface area contributed by atoms with E-state index in [1.54, 1.807) is 4.57 Å². The van der Waals surface area contributed by atoms with Crippen LogP contribution in [0, 0.1) is 6.92 Å². The molecule has 4 aromatic carbocycles. The van der Waals surface area contributed by atoms with Gasteiger partial charge in [0, 0.05) is 10.0 Å². The van der Waals surface area contributed by atoms with Crippen LogP contribution in [-0.4, -0.2) is 19.3 Å². The number of hydrogen-bond acceptors (Lipinski definition) is 3. The molecular formula is C34H25BrN4O. The van der Waals surface area contributed by atoms with Gasteiger partial charge in [-0.05, 0) is 79.1 Å². The zero-order valence-corrected chi connectivity index (χ0v) is 23.4. The van der Waals surface area contributed by atoms with Gasteiger partial charge in [-0.2, -0.15) is 5.10 Å². The Morgan fingerprint density at radius 2 is 1.48 bits per heavy atom. The molecule has 7 rings (SSSR count). The van der Waals surface area contributed by atoms with Crippen molar-refractivity contribution in [2.75, 3.05) is 0 Å². The van der Waals surface area contributed by atoms with Gasteiger partial charge in [0.2, 0.25) is 0 Å². The molecule has 194 valence electrons. The number of rotatable bonds is 4. The number of para-hydroxylation sites is 2. The fourth-order valence-corrected chi connectivity index (χ4v) is 6.00. The molecule has 1 aliphatic carbocycles. The summed E-state index contributed by atoms with van der Waals surface area (Å²) in [5.41, 5.74) is 7.77. The Labute approximate surface area is 240 Å². The molecule has 2 heterocycles. The molecule has 0 amide bonds. The zero-order valence-electron chi connectivity index (χ0n) is 21.8. The number of nitrogens with zero attached hydrogens (tertiary/aromatic N) is 4.